The van der Waals surface area contributed by atoms with Crippen molar-refractivity contribution in [1.29, 1.82) is 0 Å². The smallest absolute Gasteiger partial charge is 0.263 e. The number of hydrogen-bond acceptors (Lipinski definition) is 4. The van der Waals surface area contributed by atoms with Crippen LogP contribution in [-0.2, 0) is 4.79 Å². The molecule has 2 heterocycles. The molecule has 0 saturated heterocycles. The highest BCUT2D eigenvalue weighted by atomic mass is 32.2. The van der Waals surface area contributed by atoms with Gasteiger partial charge in [0.25, 0.3) is 5.91 Å². The lowest BCUT2D eigenvalue weighted by Crippen LogP contribution is -2.29. The van der Waals surface area contributed by atoms with Crippen molar-refractivity contribution in [1.82, 2.24) is 10.2 Å². The molecule has 2 aliphatic heterocycles. The van der Waals surface area contributed by atoms with E-state index in [4.69, 9.17) is 0 Å². The third kappa shape index (κ3) is 10.7. The van der Waals surface area contributed by atoms with E-state index in [0.717, 1.165) is 60.5 Å². The summed E-state index contributed by atoms with van der Waals surface area (Å²) in [4.78, 5) is 20.4. The molecule has 1 unspecified atom stereocenters. The Kier molecular flexibility index (Phi) is 14.6. The summed E-state index contributed by atoms with van der Waals surface area (Å²) in [6.45, 7) is 8.76. The number of fused-ring (bicyclic) bond motifs is 1. The van der Waals surface area contributed by atoms with Crippen molar-refractivity contribution in [2.75, 3.05) is 13.1 Å². The van der Waals surface area contributed by atoms with Gasteiger partial charge in [-0.15, -0.1) is 0 Å². The number of amidine groups is 1. The van der Waals surface area contributed by atoms with E-state index in [-0.39, 0.29) is 5.91 Å². The molecule has 0 radical (unpaired) electrons. The monoisotopic (exact) mass is 475 g/mol. The SMILES string of the molecule is CCCCCCCCC(C)CCCCCC/C=C/NC(=O)C1=C(CCC)N2CCCN=C2S1. The highest BCUT2D eigenvalue weighted by Gasteiger charge is 2.33. The second-order valence-corrected chi connectivity index (χ2v) is 10.8. The second-order valence-electron chi connectivity index (χ2n) is 9.83. The van der Waals surface area contributed by atoms with Crippen molar-refractivity contribution in [3.05, 3.63) is 22.9 Å². The van der Waals surface area contributed by atoms with Gasteiger partial charge in [-0.2, -0.15) is 0 Å². The summed E-state index contributed by atoms with van der Waals surface area (Å²) in [5.41, 5.74) is 1.16. The van der Waals surface area contributed by atoms with Gasteiger partial charge in [0.15, 0.2) is 5.17 Å². The number of hydrogen-bond donors (Lipinski definition) is 1. The van der Waals surface area contributed by atoms with Crippen LogP contribution < -0.4 is 5.32 Å². The topological polar surface area (TPSA) is 44.7 Å². The maximum atomic E-state index is 12.7. The Hall–Kier alpha value is -1.23. The van der Waals surface area contributed by atoms with Crippen molar-refractivity contribution in [3.63, 3.8) is 0 Å². The zero-order chi connectivity index (χ0) is 23.7. The normalized spacial score (nSPS) is 16.9. The van der Waals surface area contributed by atoms with Crippen LogP contribution in [0.3, 0.4) is 0 Å². The van der Waals surface area contributed by atoms with Crippen LogP contribution in [0.2, 0.25) is 0 Å². The first-order valence-corrected chi connectivity index (χ1v) is 14.7. The second kappa shape index (κ2) is 17.2. The highest BCUT2D eigenvalue weighted by molar-refractivity contribution is 8.18. The summed E-state index contributed by atoms with van der Waals surface area (Å²) in [6, 6.07) is 0. The zero-order valence-corrected chi connectivity index (χ0v) is 22.5. The van der Waals surface area contributed by atoms with Crippen LogP contribution in [0, 0.1) is 5.92 Å². The maximum absolute atomic E-state index is 12.7. The lowest BCUT2D eigenvalue weighted by molar-refractivity contribution is -0.116. The molecule has 0 fully saturated rings. The minimum atomic E-state index is 0.0242. The van der Waals surface area contributed by atoms with Crippen molar-refractivity contribution >= 4 is 22.8 Å². The summed E-state index contributed by atoms with van der Waals surface area (Å²) < 4.78 is 0. The molecule has 0 aromatic rings. The molecule has 2 aliphatic rings. The molecule has 33 heavy (non-hydrogen) atoms. The van der Waals surface area contributed by atoms with E-state index >= 15 is 0 Å². The fraction of sp³-hybridized carbons (Fsp3) is 0.786. The highest BCUT2D eigenvalue weighted by Crippen LogP contribution is 2.38. The first-order valence-electron chi connectivity index (χ1n) is 13.9. The van der Waals surface area contributed by atoms with E-state index in [1.165, 1.54) is 77.0 Å². The van der Waals surface area contributed by atoms with Gasteiger partial charge in [0.1, 0.15) is 0 Å². The maximum Gasteiger partial charge on any atom is 0.263 e. The van der Waals surface area contributed by atoms with Gasteiger partial charge in [0.2, 0.25) is 0 Å². The van der Waals surface area contributed by atoms with Crippen LogP contribution in [0.5, 0.6) is 0 Å². The number of unbranched alkanes of at least 4 members (excludes halogenated alkanes) is 9. The van der Waals surface area contributed by atoms with Crippen molar-refractivity contribution in [2.24, 2.45) is 10.9 Å². The molecule has 0 aromatic heterocycles. The van der Waals surface area contributed by atoms with Crippen LogP contribution >= 0.6 is 11.8 Å². The minimum absolute atomic E-state index is 0.0242. The number of rotatable bonds is 18. The Morgan fingerprint density at radius 2 is 1.73 bits per heavy atom. The molecule has 0 spiro atoms. The third-order valence-electron chi connectivity index (χ3n) is 6.69. The molecule has 0 aromatic carbocycles. The average Bonchev–Trinajstić information content (AvgIpc) is 3.19. The predicted molar refractivity (Wildman–Crippen MR) is 145 cm³/mol. The molecule has 1 amide bonds. The lowest BCUT2D eigenvalue weighted by atomic mass is 9.96. The number of allylic oxidation sites excluding steroid dienone is 2. The average molecular weight is 476 g/mol. The van der Waals surface area contributed by atoms with Crippen LogP contribution in [0.15, 0.2) is 27.9 Å². The summed E-state index contributed by atoms with van der Waals surface area (Å²) >= 11 is 1.55. The Labute approximate surface area is 208 Å². The Balaban J connectivity index is 1.52. The number of nitrogens with zero attached hydrogens (tertiary/aromatic N) is 2. The van der Waals surface area contributed by atoms with E-state index in [1.807, 2.05) is 6.20 Å². The molecule has 0 bridgehead atoms. The van der Waals surface area contributed by atoms with Gasteiger partial charge in [-0.1, -0.05) is 104 Å². The van der Waals surface area contributed by atoms with Crippen LogP contribution in [0.25, 0.3) is 0 Å². The third-order valence-corrected chi connectivity index (χ3v) is 7.85. The van der Waals surface area contributed by atoms with E-state index in [2.05, 4.69) is 42.1 Å². The molecule has 188 valence electrons. The van der Waals surface area contributed by atoms with Crippen LogP contribution in [0.4, 0.5) is 0 Å². The predicted octanol–water partition coefficient (Wildman–Crippen LogP) is 8.16. The Morgan fingerprint density at radius 1 is 1.03 bits per heavy atom. The zero-order valence-electron chi connectivity index (χ0n) is 21.7. The number of carbonyl (C=O) groups is 1. The fourth-order valence-electron chi connectivity index (χ4n) is 4.67. The van der Waals surface area contributed by atoms with E-state index in [9.17, 15) is 4.79 Å². The van der Waals surface area contributed by atoms with Crippen molar-refractivity contribution < 1.29 is 4.79 Å². The van der Waals surface area contributed by atoms with Crippen molar-refractivity contribution in [3.8, 4) is 0 Å². The summed E-state index contributed by atoms with van der Waals surface area (Å²) in [7, 11) is 0. The quantitative estimate of drug-likeness (QED) is 0.203. The largest absolute Gasteiger partial charge is 0.328 e. The van der Waals surface area contributed by atoms with Crippen LogP contribution in [0.1, 0.15) is 124 Å². The number of carbonyl (C=O) groups excluding carboxylic acids is 1. The summed E-state index contributed by atoms with van der Waals surface area (Å²) in [6.07, 6.45) is 24.5. The van der Waals surface area contributed by atoms with Gasteiger partial charge in [-0.05, 0) is 43.4 Å². The standard InChI is InChI=1S/C28H49N3OS/c1-4-6-7-8-11-14-19-24(3)20-15-12-9-10-13-16-21-29-27(32)26-25(18-5-2)31-23-17-22-30-28(31)33-26/h16,21,24H,4-15,17-20,22-23H2,1-3H3,(H,29,32)/b21-16+. The number of aliphatic imine (C=N–C) groups is 1. The fourth-order valence-corrected chi connectivity index (χ4v) is 5.80. The van der Waals surface area contributed by atoms with Crippen LogP contribution in [-0.4, -0.2) is 29.1 Å². The van der Waals surface area contributed by atoms with Gasteiger partial charge in [-0.25, -0.2) is 0 Å². The Bertz CT molecular complexity index is 656. The number of thioether (sulfide) groups is 1. The van der Waals surface area contributed by atoms with E-state index in [0.29, 0.717) is 0 Å². The van der Waals surface area contributed by atoms with Gasteiger partial charge >= 0.3 is 0 Å². The van der Waals surface area contributed by atoms with E-state index < -0.39 is 0 Å². The lowest BCUT2D eigenvalue weighted by Gasteiger charge is -2.25. The number of nitrogens with one attached hydrogen (secondary N) is 1. The molecule has 1 atom stereocenters. The van der Waals surface area contributed by atoms with Gasteiger partial charge in [-0.3, -0.25) is 9.79 Å². The molecule has 0 saturated carbocycles. The molecule has 1 N–H and O–H groups in total. The molecule has 0 aliphatic carbocycles. The summed E-state index contributed by atoms with van der Waals surface area (Å²) in [5, 5.41) is 4.01. The Morgan fingerprint density at radius 3 is 2.45 bits per heavy atom. The van der Waals surface area contributed by atoms with Gasteiger partial charge < -0.3 is 10.2 Å². The first-order chi connectivity index (χ1) is 16.2. The minimum Gasteiger partial charge on any atom is -0.328 e. The van der Waals surface area contributed by atoms with Crippen molar-refractivity contribution in [2.45, 2.75) is 124 Å². The molecule has 2 rings (SSSR count). The summed E-state index contributed by atoms with van der Waals surface area (Å²) in [5.74, 6) is 0.911. The van der Waals surface area contributed by atoms with Gasteiger partial charge in [0.05, 0.1) is 4.91 Å². The first kappa shape index (κ1) is 28.0. The number of amides is 1. The van der Waals surface area contributed by atoms with E-state index in [1.54, 1.807) is 11.8 Å². The molecule has 5 heteroatoms. The molecular formula is C28H49N3OS. The molecule has 4 nitrogen and oxygen atoms in total. The van der Waals surface area contributed by atoms with Gasteiger partial charge in [0, 0.05) is 25.0 Å². The molecular weight excluding hydrogens is 426 g/mol.